The van der Waals surface area contributed by atoms with Gasteiger partial charge in [0, 0.05) is 36.2 Å². The molecule has 0 saturated heterocycles. The summed E-state index contributed by atoms with van der Waals surface area (Å²) >= 11 is 0. The second-order valence-electron chi connectivity index (χ2n) is 4.14. The Hall–Kier alpha value is -2.96. The quantitative estimate of drug-likeness (QED) is 0.519. The van der Waals surface area contributed by atoms with Gasteiger partial charge < -0.3 is 9.67 Å². The topological polar surface area (TPSA) is 102 Å². The number of pyridine rings is 1. The Morgan fingerprint density at radius 3 is 2.70 bits per heavy atom. The molecule has 0 bridgehead atoms. The third kappa shape index (κ3) is 2.41. The first-order chi connectivity index (χ1) is 9.40. The zero-order valence-corrected chi connectivity index (χ0v) is 10.4. The van der Waals surface area contributed by atoms with E-state index >= 15 is 0 Å². The molecule has 0 aliphatic rings. The molecule has 0 spiro atoms. The van der Waals surface area contributed by atoms with Gasteiger partial charge in [-0.2, -0.15) is 0 Å². The van der Waals surface area contributed by atoms with Gasteiger partial charge in [-0.25, -0.2) is 4.79 Å². The molecule has 20 heavy (non-hydrogen) atoms. The lowest BCUT2D eigenvalue weighted by atomic mass is 10.1. The third-order valence-corrected chi connectivity index (χ3v) is 2.85. The number of rotatable bonds is 3. The van der Waals surface area contributed by atoms with Crippen LogP contribution in [0.4, 0.5) is 5.69 Å². The van der Waals surface area contributed by atoms with E-state index < -0.39 is 10.9 Å². The first kappa shape index (κ1) is 13.5. The fourth-order valence-corrected chi connectivity index (χ4v) is 1.89. The Labute approximate surface area is 112 Å². The first-order valence-corrected chi connectivity index (χ1v) is 5.59. The Balaban J connectivity index is 2.72. The predicted octanol–water partition coefficient (Wildman–Crippen LogP) is 1.54. The van der Waals surface area contributed by atoms with Gasteiger partial charge in [0.15, 0.2) is 0 Å². The number of aryl methyl sites for hydroxylation is 1. The standard InChI is InChI=1S/C13H10N2O5/c1-14-11-4-3-10(15(19)20)7-9(11)6-8(13(14)18)2-5-12(16)17/h2-7H,1H3,(H,16,17)/b5-2+. The molecular formula is C13H10N2O5. The van der Waals surface area contributed by atoms with Gasteiger partial charge in [-0.05, 0) is 18.2 Å². The summed E-state index contributed by atoms with van der Waals surface area (Å²) in [5, 5.41) is 19.8. The van der Waals surface area contributed by atoms with Crippen LogP contribution < -0.4 is 5.56 Å². The number of carboxylic acids is 1. The second-order valence-corrected chi connectivity index (χ2v) is 4.14. The summed E-state index contributed by atoms with van der Waals surface area (Å²) < 4.78 is 1.32. The number of aromatic nitrogens is 1. The monoisotopic (exact) mass is 274 g/mol. The van der Waals surface area contributed by atoms with Crippen molar-refractivity contribution in [1.82, 2.24) is 4.57 Å². The number of hydrogen-bond donors (Lipinski definition) is 1. The number of nitro benzene ring substituents is 1. The molecule has 1 aromatic heterocycles. The molecule has 7 heteroatoms. The molecule has 0 radical (unpaired) electrons. The highest BCUT2D eigenvalue weighted by atomic mass is 16.6. The van der Waals surface area contributed by atoms with E-state index in [0.717, 1.165) is 6.08 Å². The van der Waals surface area contributed by atoms with Crippen molar-refractivity contribution in [3.63, 3.8) is 0 Å². The van der Waals surface area contributed by atoms with Crippen LogP contribution in [0.15, 0.2) is 35.1 Å². The smallest absolute Gasteiger partial charge is 0.328 e. The highest BCUT2D eigenvalue weighted by Crippen LogP contribution is 2.20. The molecule has 2 rings (SSSR count). The van der Waals surface area contributed by atoms with Gasteiger partial charge >= 0.3 is 5.97 Å². The molecular weight excluding hydrogens is 264 g/mol. The Morgan fingerprint density at radius 1 is 1.40 bits per heavy atom. The van der Waals surface area contributed by atoms with Crippen molar-refractivity contribution in [2.75, 3.05) is 0 Å². The van der Waals surface area contributed by atoms with Crippen molar-refractivity contribution in [3.05, 3.63) is 56.4 Å². The Morgan fingerprint density at radius 2 is 2.10 bits per heavy atom. The van der Waals surface area contributed by atoms with E-state index in [1.54, 1.807) is 0 Å². The van der Waals surface area contributed by atoms with Crippen LogP contribution >= 0.6 is 0 Å². The van der Waals surface area contributed by atoms with Gasteiger partial charge in [-0.1, -0.05) is 0 Å². The van der Waals surface area contributed by atoms with E-state index in [4.69, 9.17) is 5.11 Å². The SMILES string of the molecule is Cn1c(=O)c(/C=C/C(=O)O)cc2cc([N+](=O)[O-])ccc21. The molecule has 1 aromatic carbocycles. The maximum absolute atomic E-state index is 12.0. The predicted molar refractivity (Wildman–Crippen MR) is 72.5 cm³/mol. The molecule has 1 heterocycles. The summed E-state index contributed by atoms with van der Waals surface area (Å²) in [5.74, 6) is -1.17. The average Bonchev–Trinajstić information content (AvgIpc) is 2.40. The van der Waals surface area contributed by atoms with Crippen molar-refractivity contribution in [3.8, 4) is 0 Å². The normalized spacial score (nSPS) is 11.1. The summed E-state index contributed by atoms with van der Waals surface area (Å²) in [4.78, 5) is 32.7. The third-order valence-electron chi connectivity index (χ3n) is 2.85. The molecule has 0 aliphatic heterocycles. The number of fused-ring (bicyclic) bond motifs is 1. The van der Waals surface area contributed by atoms with Crippen LogP contribution in [-0.2, 0) is 11.8 Å². The van der Waals surface area contributed by atoms with Crippen molar-refractivity contribution in [2.45, 2.75) is 0 Å². The van der Waals surface area contributed by atoms with Crippen LogP contribution in [0.5, 0.6) is 0 Å². The zero-order chi connectivity index (χ0) is 14.9. The van der Waals surface area contributed by atoms with E-state index in [1.165, 1.54) is 42.0 Å². The molecule has 0 aliphatic carbocycles. The van der Waals surface area contributed by atoms with Crippen LogP contribution in [-0.4, -0.2) is 20.6 Å². The molecule has 0 amide bonds. The summed E-state index contributed by atoms with van der Waals surface area (Å²) in [7, 11) is 1.52. The van der Waals surface area contributed by atoms with E-state index in [-0.39, 0.29) is 16.8 Å². The first-order valence-electron chi connectivity index (χ1n) is 5.59. The number of aliphatic carboxylic acids is 1. The van der Waals surface area contributed by atoms with Crippen LogP contribution in [0, 0.1) is 10.1 Å². The number of non-ortho nitro benzene ring substituents is 1. The largest absolute Gasteiger partial charge is 0.478 e. The van der Waals surface area contributed by atoms with Gasteiger partial charge in [0.05, 0.1) is 10.4 Å². The highest BCUT2D eigenvalue weighted by molar-refractivity contribution is 5.88. The minimum atomic E-state index is -1.17. The van der Waals surface area contributed by atoms with E-state index in [2.05, 4.69) is 0 Å². The van der Waals surface area contributed by atoms with E-state index in [1.807, 2.05) is 0 Å². The van der Waals surface area contributed by atoms with Crippen molar-refractivity contribution >= 4 is 28.6 Å². The molecule has 102 valence electrons. The maximum atomic E-state index is 12.0. The number of nitro groups is 1. The highest BCUT2D eigenvalue weighted by Gasteiger charge is 2.10. The lowest BCUT2D eigenvalue weighted by molar-refractivity contribution is -0.384. The Bertz CT molecular complexity index is 804. The molecule has 0 fully saturated rings. The van der Waals surface area contributed by atoms with E-state index in [9.17, 15) is 19.7 Å². The second kappa shape index (κ2) is 4.96. The van der Waals surface area contributed by atoms with Gasteiger partial charge in [0.1, 0.15) is 0 Å². The van der Waals surface area contributed by atoms with E-state index in [0.29, 0.717) is 10.9 Å². The molecule has 1 N–H and O–H groups in total. The van der Waals surface area contributed by atoms with Crippen LogP contribution in [0.2, 0.25) is 0 Å². The van der Waals surface area contributed by atoms with Gasteiger partial charge in [0.2, 0.25) is 0 Å². The number of benzene rings is 1. The van der Waals surface area contributed by atoms with Gasteiger partial charge in [-0.15, -0.1) is 0 Å². The molecule has 2 aromatic rings. The Kier molecular flexibility index (Phi) is 3.34. The van der Waals surface area contributed by atoms with Gasteiger partial charge in [-0.3, -0.25) is 14.9 Å². The summed E-state index contributed by atoms with van der Waals surface area (Å²) in [6.45, 7) is 0. The van der Waals surface area contributed by atoms with Crippen molar-refractivity contribution in [2.24, 2.45) is 7.05 Å². The molecule has 0 unspecified atom stereocenters. The number of carboxylic acid groups (broad SMARTS) is 1. The lowest BCUT2D eigenvalue weighted by Crippen LogP contribution is -2.19. The fourth-order valence-electron chi connectivity index (χ4n) is 1.89. The number of carbonyl (C=O) groups is 1. The van der Waals surface area contributed by atoms with Crippen LogP contribution in [0.25, 0.3) is 17.0 Å². The van der Waals surface area contributed by atoms with Crippen LogP contribution in [0.1, 0.15) is 5.56 Å². The maximum Gasteiger partial charge on any atom is 0.328 e. The zero-order valence-electron chi connectivity index (χ0n) is 10.4. The number of hydrogen-bond acceptors (Lipinski definition) is 4. The summed E-state index contributed by atoms with van der Waals surface area (Å²) in [5.41, 5.74) is 0.226. The number of nitrogens with zero attached hydrogens (tertiary/aromatic N) is 2. The fraction of sp³-hybridized carbons (Fsp3) is 0.0769. The minimum Gasteiger partial charge on any atom is -0.478 e. The average molecular weight is 274 g/mol. The van der Waals surface area contributed by atoms with Crippen molar-refractivity contribution < 1.29 is 14.8 Å². The van der Waals surface area contributed by atoms with Crippen molar-refractivity contribution in [1.29, 1.82) is 0 Å². The molecule has 0 saturated carbocycles. The lowest BCUT2D eigenvalue weighted by Gasteiger charge is -2.06. The minimum absolute atomic E-state index is 0.0932. The van der Waals surface area contributed by atoms with Crippen LogP contribution in [0.3, 0.4) is 0 Å². The molecule has 0 atom stereocenters. The summed E-state index contributed by atoms with van der Waals surface area (Å²) in [6, 6.07) is 5.57. The summed E-state index contributed by atoms with van der Waals surface area (Å²) in [6.07, 6.45) is 2.02. The van der Waals surface area contributed by atoms with Gasteiger partial charge in [0.25, 0.3) is 11.2 Å². The molecule has 7 nitrogen and oxygen atoms in total.